The van der Waals surface area contributed by atoms with Gasteiger partial charge in [-0.05, 0) is 63.8 Å². The maximum absolute atomic E-state index is 2.48. The standard InChI is InChI=1S/C16H17I/c17-16-11-14(12-6-2-1-3-7-12)10-13-8-4-5-9-15(13)16/h4-5,8-12H,1-3,6-7H2. The first kappa shape index (κ1) is 11.5. The van der Waals surface area contributed by atoms with Crippen molar-refractivity contribution >= 4 is 33.4 Å². The summed E-state index contributed by atoms with van der Waals surface area (Å²) in [5.74, 6) is 0.807. The minimum Gasteiger partial charge on any atom is -0.0616 e. The zero-order chi connectivity index (χ0) is 11.7. The van der Waals surface area contributed by atoms with Gasteiger partial charge in [0.05, 0.1) is 0 Å². The minimum absolute atomic E-state index is 0.807. The number of hydrogen-bond acceptors (Lipinski definition) is 0. The second-order valence-corrected chi connectivity index (χ2v) is 6.22. The molecule has 0 spiro atoms. The molecule has 1 aliphatic carbocycles. The van der Waals surface area contributed by atoms with E-state index in [-0.39, 0.29) is 0 Å². The molecule has 1 saturated carbocycles. The largest absolute Gasteiger partial charge is 0.0616 e. The van der Waals surface area contributed by atoms with Gasteiger partial charge < -0.3 is 0 Å². The topological polar surface area (TPSA) is 0 Å². The van der Waals surface area contributed by atoms with Crippen LogP contribution < -0.4 is 0 Å². The number of benzene rings is 2. The zero-order valence-corrected chi connectivity index (χ0v) is 12.1. The van der Waals surface area contributed by atoms with E-state index in [0.717, 1.165) is 5.92 Å². The van der Waals surface area contributed by atoms with Crippen LogP contribution in [0.3, 0.4) is 0 Å². The van der Waals surface area contributed by atoms with Crippen molar-refractivity contribution in [3.05, 3.63) is 45.5 Å². The first-order chi connectivity index (χ1) is 8.34. The van der Waals surface area contributed by atoms with Gasteiger partial charge in [0.15, 0.2) is 0 Å². The van der Waals surface area contributed by atoms with Crippen LogP contribution in [0.25, 0.3) is 10.8 Å². The third-order valence-electron chi connectivity index (χ3n) is 3.91. The molecule has 0 N–H and O–H groups in total. The Labute approximate surface area is 117 Å². The van der Waals surface area contributed by atoms with Crippen molar-refractivity contribution in [1.29, 1.82) is 0 Å². The lowest BCUT2D eigenvalue weighted by Gasteiger charge is -2.22. The number of halogens is 1. The van der Waals surface area contributed by atoms with E-state index in [9.17, 15) is 0 Å². The molecule has 2 aromatic carbocycles. The van der Waals surface area contributed by atoms with Crippen LogP contribution in [0.2, 0.25) is 0 Å². The summed E-state index contributed by atoms with van der Waals surface area (Å²) in [6.45, 7) is 0. The van der Waals surface area contributed by atoms with Crippen molar-refractivity contribution in [2.45, 2.75) is 38.0 Å². The fraction of sp³-hybridized carbons (Fsp3) is 0.375. The van der Waals surface area contributed by atoms with Crippen LogP contribution in [0.1, 0.15) is 43.6 Å². The summed E-state index contributed by atoms with van der Waals surface area (Å²) in [6.07, 6.45) is 7.02. The van der Waals surface area contributed by atoms with Gasteiger partial charge in [0.1, 0.15) is 0 Å². The van der Waals surface area contributed by atoms with Crippen LogP contribution in [0.4, 0.5) is 0 Å². The molecule has 3 rings (SSSR count). The SMILES string of the molecule is Ic1cc(C2CCCCC2)cc2ccccc12. The second kappa shape index (κ2) is 4.97. The summed E-state index contributed by atoms with van der Waals surface area (Å²) in [5, 5.41) is 2.80. The van der Waals surface area contributed by atoms with Gasteiger partial charge in [0, 0.05) is 3.57 Å². The van der Waals surface area contributed by atoms with Gasteiger partial charge in [0.2, 0.25) is 0 Å². The Bertz CT molecular complexity index is 524. The molecule has 0 radical (unpaired) electrons. The highest BCUT2D eigenvalue weighted by molar-refractivity contribution is 14.1. The van der Waals surface area contributed by atoms with E-state index in [2.05, 4.69) is 59.0 Å². The average Bonchev–Trinajstić information content (AvgIpc) is 2.40. The third kappa shape index (κ3) is 2.35. The molecule has 0 nitrogen and oxygen atoms in total. The van der Waals surface area contributed by atoms with Crippen LogP contribution in [-0.4, -0.2) is 0 Å². The van der Waals surface area contributed by atoms with Gasteiger partial charge in [0.25, 0.3) is 0 Å². The summed E-state index contributed by atoms with van der Waals surface area (Å²) in [4.78, 5) is 0. The molecule has 0 aromatic heterocycles. The fourth-order valence-electron chi connectivity index (χ4n) is 2.96. The van der Waals surface area contributed by atoms with Gasteiger partial charge in [-0.15, -0.1) is 0 Å². The summed E-state index contributed by atoms with van der Waals surface area (Å²) < 4.78 is 1.40. The number of rotatable bonds is 1. The fourth-order valence-corrected chi connectivity index (χ4v) is 3.81. The van der Waals surface area contributed by atoms with Crippen LogP contribution in [0, 0.1) is 3.57 Å². The van der Waals surface area contributed by atoms with Crippen LogP contribution >= 0.6 is 22.6 Å². The molecule has 1 aliphatic rings. The number of hydrogen-bond donors (Lipinski definition) is 0. The average molecular weight is 336 g/mol. The van der Waals surface area contributed by atoms with Gasteiger partial charge in [-0.2, -0.15) is 0 Å². The maximum Gasteiger partial charge on any atom is 0.0211 e. The van der Waals surface area contributed by atoms with Crippen molar-refractivity contribution < 1.29 is 0 Å². The highest BCUT2D eigenvalue weighted by Gasteiger charge is 2.16. The Balaban J connectivity index is 2.05. The van der Waals surface area contributed by atoms with E-state index in [1.807, 2.05) is 0 Å². The molecule has 0 unspecified atom stereocenters. The maximum atomic E-state index is 2.48. The minimum atomic E-state index is 0.807. The predicted molar refractivity (Wildman–Crippen MR) is 82.5 cm³/mol. The lowest BCUT2D eigenvalue weighted by Crippen LogP contribution is -2.04. The van der Waals surface area contributed by atoms with Crippen LogP contribution in [-0.2, 0) is 0 Å². The normalized spacial score (nSPS) is 17.5. The molecular weight excluding hydrogens is 319 g/mol. The predicted octanol–water partition coefficient (Wildman–Crippen LogP) is 5.49. The molecule has 88 valence electrons. The molecule has 1 heteroatoms. The van der Waals surface area contributed by atoms with Crippen molar-refractivity contribution in [3.8, 4) is 0 Å². The highest BCUT2D eigenvalue weighted by atomic mass is 127. The van der Waals surface area contributed by atoms with Gasteiger partial charge >= 0.3 is 0 Å². The lowest BCUT2D eigenvalue weighted by molar-refractivity contribution is 0.444. The number of fused-ring (bicyclic) bond motifs is 1. The van der Waals surface area contributed by atoms with Crippen LogP contribution in [0.15, 0.2) is 36.4 Å². The molecule has 1 fully saturated rings. The molecule has 17 heavy (non-hydrogen) atoms. The molecule has 0 atom stereocenters. The van der Waals surface area contributed by atoms with E-state index < -0.39 is 0 Å². The van der Waals surface area contributed by atoms with Crippen LogP contribution in [0.5, 0.6) is 0 Å². The van der Waals surface area contributed by atoms with E-state index >= 15 is 0 Å². The Morgan fingerprint density at radius 2 is 1.71 bits per heavy atom. The zero-order valence-electron chi connectivity index (χ0n) is 9.95. The molecule has 0 aliphatic heterocycles. The second-order valence-electron chi connectivity index (χ2n) is 5.06. The smallest absolute Gasteiger partial charge is 0.0211 e. The molecule has 0 heterocycles. The van der Waals surface area contributed by atoms with E-state index in [4.69, 9.17) is 0 Å². The third-order valence-corrected chi connectivity index (χ3v) is 4.80. The van der Waals surface area contributed by atoms with Gasteiger partial charge in [-0.3, -0.25) is 0 Å². The summed E-state index contributed by atoms with van der Waals surface area (Å²) >= 11 is 2.48. The Hall–Kier alpha value is -0.570. The molecule has 0 amide bonds. The van der Waals surface area contributed by atoms with E-state index in [1.54, 1.807) is 5.56 Å². The Kier molecular flexibility index (Phi) is 3.37. The Morgan fingerprint density at radius 1 is 0.941 bits per heavy atom. The van der Waals surface area contributed by atoms with Crippen molar-refractivity contribution in [2.24, 2.45) is 0 Å². The van der Waals surface area contributed by atoms with Crippen molar-refractivity contribution in [3.63, 3.8) is 0 Å². The molecular formula is C16H17I. The monoisotopic (exact) mass is 336 g/mol. The molecule has 0 bridgehead atoms. The van der Waals surface area contributed by atoms with E-state index in [0.29, 0.717) is 0 Å². The lowest BCUT2D eigenvalue weighted by atomic mass is 9.83. The van der Waals surface area contributed by atoms with Gasteiger partial charge in [-0.1, -0.05) is 49.6 Å². The molecule has 2 aromatic rings. The summed E-state index contributed by atoms with van der Waals surface area (Å²) in [5.41, 5.74) is 1.56. The first-order valence-corrected chi connectivity index (χ1v) is 7.60. The molecule has 0 saturated heterocycles. The summed E-state index contributed by atoms with van der Waals surface area (Å²) in [7, 11) is 0. The van der Waals surface area contributed by atoms with E-state index in [1.165, 1.54) is 46.4 Å². The summed E-state index contributed by atoms with van der Waals surface area (Å²) in [6, 6.07) is 13.5. The quantitative estimate of drug-likeness (QED) is 0.604. The van der Waals surface area contributed by atoms with Gasteiger partial charge in [-0.25, -0.2) is 0 Å². The van der Waals surface area contributed by atoms with Crippen molar-refractivity contribution in [1.82, 2.24) is 0 Å². The first-order valence-electron chi connectivity index (χ1n) is 6.53. The Morgan fingerprint density at radius 3 is 2.53 bits per heavy atom. The van der Waals surface area contributed by atoms with Crippen molar-refractivity contribution in [2.75, 3.05) is 0 Å². The highest BCUT2D eigenvalue weighted by Crippen LogP contribution is 2.35.